The van der Waals surface area contributed by atoms with Crippen LogP contribution >= 0.6 is 0 Å². The van der Waals surface area contributed by atoms with Crippen molar-refractivity contribution >= 4 is 12.0 Å². The molecule has 1 aromatic rings. The van der Waals surface area contributed by atoms with E-state index in [9.17, 15) is 9.59 Å². The second kappa shape index (κ2) is 8.41. The summed E-state index contributed by atoms with van der Waals surface area (Å²) in [5, 5.41) is 11.8. The van der Waals surface area contributed by atoms with Gasteiger partial charge in [0.2, 0.25) is 0 Å². The average molecular weight is 304 g/mol. The van der Waals surface area contributed by atoms with E-state index < -0.39 is 11.9 Å². The Hall–Kier alpha value is -2.04. The first-order chi connectivity index (χ1) is 10.7. The van der Waals surface area contributed by atoms with E-state index >= 15 is 0 Å². The van der Waals surface area contributed by atoms with Gasteiger partial charge >= 0.3 is 12.0 Å². The van der Waals surface area contributed by atoms with Gasteiger partial charge in [-0.25, -0.2) is 4.79 Å². The van der Waals surface area contributed by atoms with Crippen molar-refractivity contribution in [1.29, 1.82) is 0 Å². The molecule has 120 valence electrons. The van der Waals surface area contributed by atoms with Gasteiger partial charge in [-0.15, -0.1) is 0 Å². The van der Waals surface area contributed by atoms with Gasteiger partial charge in [0, 0.05) is 19.6 Å². The van der Waals surface area contributed by atoms with Gasteiger partial charge in [-0.1, -0.05) is 36.8 Å². The van der Waals surface area contributed by atoms with Crippen LogP contribution < -0.4 is 5.32 Å². The molecule has 1 aliphatic heterocycles. The smallest absolute Gasteiger partial charge is 0.317 e. The van der Waals surface area contributed by atoms with Crippen molar-refractivity contribution in [2.24, 2.45) is 5.92 Å². The highest BCUT2D eigenvalue weighted by Crippen LogP contribution is 2.16. The van der Waals surface area contributed by atoms with E-state index in [0.717, 1.165) is 25.7 Å². The van der Waals surface area contributed by atoms with Crippen LogP contribution in [0.25, 0.3) is 0 Å². The minimum Gasteiger partial charge on any atom is -0.481 e. The maximum absolute atomic E-state index is 11.9. The van der Waals surface area contributed by atoms with E-state index in [0.29, 0.717) is 26.1 Å². The number of carboxylic acids is 1. The summed E-state index contributed by atoms with van der Waals surface area (Å²) in [5.41, 5.74) is 1.35. The topological polar surface area (TPSA) is 69.6 Å². The number of aliphatic carboxylic acids is 1. The zero-order valence-corrected chi connectivity index (χ0v) is 12.8. The van der Waals surface area contributed by atoms with E-state index in [1.807, 2.05) is 6.07 Å². The normalized spacial score (nSPS) is 17.5. The molecule has 1 aromatic carbocycles. The first kappa shape index (κ1) is 16.3. The standard InChI is InChI=1S/C17H24N2O3/c20-16(21)15-10-12-19(13-15)17(22)18-11-6-2-5-9-14-7-3-1-4-8-14/h1,3-4,7-8,15H,2,5-6,9-13H2,(H,18,22)(H,20,21). The fraction of sp³-hybridized carbons (Fsp3) is 0.529. The summed E-state index contributed by atoms with van der Waals surface area (Å²) in [7, 11) is 0. The molecule has 2 rings (SSSR count). The maximum atomic E-state index is 11.9. The number of unbranched alkanes of at least 4 members (excludes halogenated alkanes) is 2. The Morgan fingerprint density at radius 3 is 2.64 bits per heavy atom. The zero-order valence-electron chi connectivity index (χ0n) is 12.8. The molecule has 1 fully saturated rings. The number of rotatable bonds is 7. The second-order valence-corrected chi connectivity index (χ2v) is 5.80. The molecule has 1 saturated heterocycles. The van der Waals surface area contributed by atoms with Gasteiger partial charge in [-0.2, -0.15) is 0 Å². The van der Waals surface area contributed by atoms with Crippen molar-refractivity contribution in [3.05, 3.63) is 35.9 Å². The maximum Gasteiger partial charge on any atom is 0.317 e. The van der Waals surface area contributed by atoms with E-state index in [-0.39, 0.29) is 6.03 Å². The van der Waals surface area contributed by atoms with Crippen LogP contribution in [-0.2, 0) is 11.2 Å². The third kappa shape index (κ3) is 5.06. The summed E-state index contributed by atoms with van der Waals surface area (Å²) >= 11 is 0. The molecule has 5 heteroatoms. The third-order valence-corrected chi connectivity index (χ3v) is 4.09. The van der Waals surface area contributed by atoms with Crippen molar-refractivity contribution in [2.75, 3.05) is 19.6 Å². The Labute approximate surface area is 131 Å². The van der Waals surface area contributed by atoms with Gasteiger partial charge in [0.1, 0.15) is 0 Å². The lowest BCUT2D eigenvalue weighted by Crippen LogP contribution is -2.39. The van der Waals surface area contributed by atoms with Crippen LogP contribution in [0.5, 0.6) is 0 Å². The van der Waals surface area contributed by atoms with Crippen LogP contribution in [-0.4, -0.2) is 41.6 Å². The summed E-state index contributed by atoms with van der Waals surface area (Å²) in [6.07, 6.45) is 4.77. The van der Waals surface area contributed by atoms with E-state index in [4.69, 9.17) is 5.11 Å². The molecular weight excluding hydrogens is 280 g/mol. The molecule has 1 aliphatic rings. The minimum atomic E-state index is -0.809. The molecule has 0 aromatic heterocycles. The molecule has 1 unspecified atom stereocenters. The van der Waals surface area contributed by atoms with Crippen molar-refractivity contribution in [1.82, 2.24) is 10.2 Å². The summed E-state index contributed by atoms with van der Waals surface area (Å²) in [4.78, 5) is 24.4. The summed E-state index contributed by atoms with van der Waals surface area (Å²) in [5.74, 6) is -1.21. The third-order valence-electron chi connectivity index (χ3n) is 4.09. The molecule has 5 nitrogen and oxygen atoms in total. The van der Waals surface area contributed by atoms with Gasteiger partial charge < -0.3 is 15.3 Å². The largest absolute Gasteiger partial charge is 0.481 e. The van der Waals surface area contributed by atoms with Crippen LogP contribution in [0.1, 0.15) is 31.2 Å². The van der Waals surface area contributed by atoms with Crippen LogP contribution in [0.15, 0.2) is 30.3 Å². The minimum absolute atomic E-state index is 0.133. The number of aryl methyl sites for hydroxylation is 1. The molecule has 0 aliphatic carbocycles. The highest BCUT2D eigenvalue weighted by molar-refractivity contribution is 5.77. The highest BCUT2D eigenvalue weighted by Gasteiger charge is 2.30. The summed E-state index contributed by atoms with van der Waals surface area (Å²) in [6, 6.07) is 10.3. The van der Waals surface area contributed by atoms with Gasteiger partial charge in [0.05, 0.1) is 5.92 Å². The average Bonchev–Trinajstić information content (AvgIpc) is 3.02. The van der Waals surface area contributed by atoms with Crippen molar-refractivity contribution in [3.8, 4) is 0 Å². The number of nitrogens with one attached hydrogen (secondary N) is 1. The van der Waals surface area contributed by atoms with Crippen molar-refractivity contribution < 1.29 is 14.7 Å². The van der Waals surface area contributed by atoms with Crippen LogP contribution in [0.4, 0.5) is 4.79 Å². The van der Waals surface area contributed by atoms with Gasteiger partial charge in [0.15, 0.2) is 0 Å². The Morgan fingerprint density at radius 1 is 1.18 bits per heavy atom. The predicted molar refractivity (Wildman–Crippen MR) is 84.7 cm³/mol. The quantitative estimate of drug-likeness (QED) is 0.760. The second-order valence-electron chi connectivity index (χ2n) is 5.80. The van der Waals surface area contributed by atoms with Crippen LogP contribution in [0.3, 0.4) is 0 Å². The summed E-state index contributed by atoms with van der Waals surface area (Å²) < 4.78 is 0. The van der Waals surface area contributed by atoms with Crippen molar-refractivity contribution in [3.63, 3.8) is 0 Å². The van der Waals surface area contributed by atoms with Crippen LogP contribution in [0.2, 0.25) is 0 Å². The summed E-state index contributed by atoms with van der Waals surface area (Å²) in [6.45, 7) is 1.52. The molecule has 0 bridgehead atoms. The number of likely N-dealkylation sites (tertiary alicyclic amines) is 1. The molecule has 1 heterocycles. The highest BCUT2D eigenvalue weighted by atomic mass is 16.4. The first-order valence-electron chi connectivity index (χ1n) is 7.96. The van der Waals surface area contributed by atoms with Gasteiger partial charge in [-0.05, 0) is 31.2 Å². The fourth-order valence-corrected chi connectivity index (χ4v) is 2.73. The first-order valence-corrected chi connectivity index (χ1v) is 7.96. The zero-order chi connectivity index (χ0) is 15.8. The molecule has 0 spiro atoms. The number of amides is 2. The van der Waals surface area contributed by atoms with Gasteiger partial charge in [0.25, 0.3) is 0 Å². The Kier molecular flexibility index (Phi) is 6.25. The number of benzene rings is 1. The SMILES string of the molecule is O=C(O)C1CCN(C(=O)NCCCCCc2ccccc2)C1. The number of hydrogen-bond donors (Lipinski definition) is 2. The van der Waals surface area contributed by atoms with Crippen molar-refractivity contribution in [2.45, 2.75) is 32.1 Å². The number of carboxylic acid groups (broad SMARTS) is 1. The molecule has 0 radical (unpaired) electrons. The molecule has 2 N–H and O–H groups in total. The molecule has 1 atom stereocenters. The molecule has 2 amide bonds. The predicted octanol–water partition coefficient (Wildman–Crippen LogP) is 2.52. The van der Waals surface area contributed by atoms with E-state index in [1.165, 1.54) is 5.56 Å². The molecular formula is C17H24N2O3. The monoisotopic (exact) mass is 304 g/mol. The number of hydrogen-bond acceptors (Lipinski definition) is 2. The van der Waals surface area contributed by atoms with Gasteiger partial charge in [-0.3, -0.25) is 4.79 Å². The lowest BCUT2D eigenvalue weighted by Gasteiger charge is -2.16. The van der Waals surface area contributed by atoms with Crippen LogP contribution in [0, 0.1) is 5.92 Å². The fourth-order valence-electron chi connectivity index (χ4n) is 2.73. The lowest BCUT2D eigenvalue weighted by atomic mass is 10.1. The Morgan fingerprint density at radius 2 is 1.95 bits per heavy atom. The Balaban J connectivity index is 1.53. The van der Waals surface area contributed by atoms with E-state index in [2.05, 4.69) is 29.6 Å². The number of carbonyl (C=O) groups is 2. The number of carbonyl (C=O) groups excluding carboxylic acids is 1. The Bertz CT molecular complexity index is 490. The molecule has 22 heavy (non-hydrogen) atoms. The number of urea groups is 1. The number of nitrogens with zero attached hydrogens (tertiary/aromatic N) is 1. The lowest BCUT2D eigenvalue weighted by molar-refractivity contribution is -0.141. The van der Waals surface area contributed by atoms with E-state index in [1.54, 1.807) is 4.90 Å². The molecule has 0 saturated carbocycles.